The van der Waals surface area contributed by atoms with E-state index in [1.165, 1.54) is 0 Å². The molecule has 0 bridgehead atoms. The maximum atomic E-state index is 13.2. The van der Waals surface area contributed by atoms with Crippen molar-refractivity contribution in [3.05, 3.63) is 81.8 Å². The number of carbonyl (C=O) groups is 1. The smallest absolute Gasteiger partial charge is 0.276 e. The lowest BCUT2D eigenvalue weighted by molar-refractivity contribution is -0.122. The maximum Gasteiger partial charge on any atom is 0.276 e. The largest absolute Gasteiger partial charge is 0.307 e. The maximum absolute atomic E-state index is 13.2. The highest BCUT2D eigenvalue weighted by Gasteiger charge is 2.32. The van der Waals surface area contributed by atoms with Crippen LogP contribution in [0.4, 0.5) is 5.69 Å². The Balaban J connectivity index is 1.59. The second-order valence-corrected chi connectivity index (χ2v) is 8.11. The van der Waals surface area contributed by atoms with Crippen LogP contribution in [-0.2, 0) is 18.4 Å². The molecule has 3 aromatic rings. The van der Waals surface area contributed by atoms with Crippen molar-refractivity contribution in [1.82, 2.24) is 14.3 Å². The molecule has 0 aliphatic carbocycles. The normalized spacial score (nSPS) is 17.5. The van der Waals surface area contributed by atoms with Crippen LogP contribution >= 0.6 is 0 Å². The molecule has 6 heteroatoms. The summed E-state index contributed by atoms with van der Waals surface area (Å²) in [4.78, 5) is 30.2. The molecule has 4 rings (SSSR count). The number of anilines is 1. The average molecular weight is 405 g/mol. The van der Waals surface area contributed by atoms with E-state index in [2.05, 4.69) is 11.8 Å². The Labute approximate surface area is 176 Å². The minimum absolute atomic E-state index is 0.0253. The van der Waals surface area contributed by atoms with E-state index in [-0.39, 0.29) is 17.5 Å². The lowest BCUT2D eigenvalue weighted by Gasteiger charge is -2.40. The molecule has 156 valence electrons. The van der Waals surface area contributed by atoms with E-state index in [1.807, 2.05) is 85.1 Å². The van der Waals surface area contributed by atoms with Crippen LogP contribution < -0.4 is 10.5 Å². The zero-order valence-electron chi connectivity index (χ0n) is 18.0. The molecule has 6 nitrogen and oxygen atoms in total. The number of nitrogens with zero attached hydrogens (tertiary/aromatic N) is 4. The Morgan fingerprint density at radius 1 is 0.967 bits per heavy atom. The number of benzene rings is 2. The number of carbonyl (C=O) groups excluding carboxylic acids is 1. The van der Waals surface area contributed by atoms with Gasteiger partial charge in [-0.3, -0.25) is 19.2 Å². The van der Waals surface area contributed by atoms with Gasteiger partial charge in [0.05, 0.1) is 17.8 Å². The van der Waals surface area contributed by atoms with E-state index < -0.39 is 0 Å². The third-order valence-electron chi connectivity index (χ3n) is 6.02. The Morgan fingerprint density at radius 2 is 1.63 bits per heavy atom. The van der Waals surface area contributed by atoms with Gasteiger partial charge in [-0.1, -0.05) is 36.4 Å². The molecule has 2 heterocycles. The summed E-state index contributed by atoms with van der Waals surface area (Å²) < 4.78 is 3.58. The van der Waals surface area contributed by atoms with Gasteiger partial charge in [-0.05, 0) is 44.5 Å². The van der Waals surface area contributed by atoms with Crippen molar-refractivity contribution >= 4 is 11.6 Å². The molecule has 1 saturated heterocycles. The van der Waals surface area contributed by atoms with Crippen molar-refractivity contribution in [3.63, 3.8) is 0 Å². The zero-order chi connectivity index (χ0) is 21.4. The number of hydrogen-bond acceptors (Lipinski definition) is 3. The second-order valence-electron chi connectivity index (χ2n) is 8.11. The predicted molar refractivity (Wildman–Crippen MR) is 119 cm³/mol. The molecule has 1 atom stereocenters. The van der Waals surface area contributed by atoms with Gasteiger partial charge in [-0.2, -0.15) is 0 Å². The van der Waals surface area contributed by atoms with Gasteiger partial charge in [-0.25, -0.2) is 4.68 Å². The molecule has 30 heavy (non-hydrogen) atoms. The molecule has 0 N–H and O–H groups in total. The molecule has 0 radical (unpaired) electrons. The highest BCUT2D eigenvalue weighted by Crippen LogP contribution is 2.25. The van der Waals surface area contributed by atoms with Crippen LogP contribution in [0.1, 0.15) is 23.7 Å². The summed E-state index contributed by atoms with van der Waals surface area (Å²) in [6.45, 7) is 7.55. The van der Waals surface area contributed by atoms with Crippen molar-refractivity contribution < 1.29 is 4.79 Å². The number of rotatable bonds is 4. The Morgan fingerprint density at radius 3 is 2.30 bits per heavy atom. The van der Waals surface area contributed by atoms with Gasteiger partial charge in [0, 0.05) is 37.6 Å². The lowest BCUT2D eigenvalue weighted by atomic mass is 10.1. The first-order valence-electron chi connectivity index (χ1n) is 10.3. The monoisotopic (exact) mass is 404 g/mol. The van der Waals surface area contributed by atoms with Gasteiger partial charge < -0.3 is 4.90 Å². The third-order valence-corrected chi connectivity index (χ3v) is 6.02. The van der Waals surface area contributed by atoms with Crippen molar-refractivity contribution in [3.8, 4) is 5.69 Å². The van der Waals surface area contributed by atoms with Gasteiger partial charge in [0.2, 0.25) is 5.91 Å². The van der Waals surface area contributed by atoms with Gasteiger partial charge in [-0.15, -0.1) is 0 Å². The molecule has 1 amide bonds. The number of aryl methyl sites for hydroxylation is 1. The fraction of sp³-hybridized carbons (Fsp3) is 0.333. The molecule has 1 fully saturated rings. The Hall–Kier alpha value is -3.12. The molecule has 1 aromatic heterocycles. The fourth-order valence-corrected chi connectivity index (χ4v) is 4.39. The fourth-order valence-electron chi connectivity index (χ4n) is 4.39. The first kappa shape index (κ1) is 20.2. The summed E-state index contributed by atoms with van der Waals surface area (Å²) in [7, 11) is 1.90. The third kappa shape index (κ3) is 3.48. The first-order chi connectivity index (χ1) is 14.4. The minimum atomic E-state index is -0.0253. The van der Waals surface area contributed by atoms with Gasteiger partial charge in [0.15, 0.2) is 0 Å². The second kappa shape index (κ2) is 7.95. The van der Waals surface area contributed by atoms with E-state index in [4.69, 9.17) is 0 Å². The standard InChI is InChI=1S/C24H28N4O2/c1-17-10-8-9-13-22(17)27-18(2)14-26(16-23(27)29)15-21-19(3)25(4)28(24(21)30)20-11-6-5-7-12-20/h5-13,18H,14-16H2,1-4H3/t18-/m1/s1. The van der Waals surface area contributed by atoms with Crippen molar-refractivity contribution in [1.29, 1.82) is 0 Å². The van der Waals surface area contributed by atoms with E-state index in [1.54, 1.807) is 4.68 Å². The van der Waals surface area contributed by atoms with Crippen LogP contribution in [0.2, 0.25) is 0 Å². The summed E-state index contributed by atoms with van der Waals surface area (Å²) in [5.41, 5.74) is 4.54. The van der Waals surface area contributed by atoms with E-state index in [0.29, 0.717) is 13.1 Å². The molecule has 0 saturated carbocycles. The molecular formula is C24H28N4O2. The van der Waals surface area contributed by atoms with Crippen molar-refractivity contribution in [2.24, 2.45) is 7.05 Å². The van der Waals surface area contributed by atoms with Gasteiger partial charge in [0.25, 0.3) is 5.56 Å². The quantitative estimate of drug-likeness (QED) is 0.672. The van der Waals surface area contributed by atoms with Gasteiger partial charge >= 0.3 is 0 Å². The number of hydrogen-bond donors (Lipinski definition) is 0. The van der Waals surface area contributed by atoms with Gasteiger partial charge in [0.1, 0.15) is 0 Å². The highest BCUT2D eigenvalue weighted by molar-refractivity contribution is 5.96. The molecule has 0 spiro atoms. The van der Waals surface area contributed by atoms with Crippen LogP contribution in [0, 0.1) is 13.8 Å². The first-order valence-corrected chi connectivity index (χ1v) is 10.3. The van der Waals surface area contributed by atoms with Crippen LogP contribution in [0.3, 0.4) is 0 Å². The number of amides is 1. The molecule has 2 aromatic carbocycles. The van der Waals surface area contributed by atoms with E-state index in [0.717, 1.165) is 34.7 Å². The van der Waals surface area contributed by atoms with Crippen LogP contribution in [0.5, 0.6) is 0 Å². The topological polar surface area (TPSA) is 50.5 Å². The van der Waals surface area contributed by atoms with E-state index in [9.17, 15) is 9.59 Å². The number of aromatic nitrogens is 2. The van der Waals surface area contributed by atoms with Crippen LogP contribution in [0.25, 0.3) is 5.69 Å². The lowest BCUT2D eigenvalue weighted by Crippen LogP contribution is -2.55. The number of para-hydroxylation sites is 2. The number of piperazine rings is 1. The average Bonchev–Trinajstić information content (AvgIpc) is 2.93. The summed E-state index contributed by atoms with van der Waals surface area (Å²) in [5.74, 6) is 0.0695. The van der Waals surface area contributed by atoms with Crippen LogP contribution in [-0.4, -0.2) is 39.3 Å². The van der Waals surface area contributed by atoms with Crippen molar-refractivity contribution in [2.45, 2.75) is 33.4 Å². The summed E-state index contributed by atoms with van der Waals surface area (Å²) in [6, 6.07) is 17.7. The molecule has 0 unspecified atom stereocenters. The highest BCUT2D eigenvalue weighted by atomic mass is 16.2. The summed E-state index contributed by atoms with van der Waals surface area (Å²) in [5, 5.41) is 0. The Kier molecular flexibility index (Phi) is 5.35. The summed E-state index contributed by atoms with van der Waals surface area (Å²) >= 11 is 0. The predicted octanol–water partition coefficient (Wildman–Crippen LogP) is 3.03. The SMILES string of the molecule is Cc1ccccc1N1C(=O)CN(Cc2c(C)n(C)n(-c3ccccc3)c2=O)C[C@H]1C. The van der Waals surface area contributed by atoms with Crippen molar-refractivity contribution in [2.75, 3.05) is 18.0 Å². The molecule has 1 aliphatic heterocycles. The molecule has 1 aliphatic rings. The van der Waals surface area contributed by atoms with E-state index >= 15 is 0 Å². The minimum Gasteiger partial charge on any atom is -0.307 e. The zero-order valence-corrected chi connectivity index (χ0v) is 18.0. The Bertz CT molecular complexity index is 1130. The van der Waals surface area contributed by atoms with Crippen LogP contribution in [0.15, 0.2) is 59.4 Å². The summed E-state index contributed by atoms with van der Waals surface area (Å²) in [6.07, 6.45) is 0. The molecular weight excluding hydrogens is 376 g/mol.